The number of pyridine rings is 1. The van der Waals surface area contributed by atoms with E-state index in [0.717, 1.165) is 0 Å². The summed E-state index contributed by atoms with van der Waals surface area (Å²) in [5.74, 6) is -2.83. The highest BCUT2D eigenvalue weighted by molar-refractivity contribution is 7.89. The van der Waals surface area contributed by atoms with Gasteiger partial charge in [-0.1, -0.05) is 0 Å². The maximum Gasteiger partial charge on any atom is 0.490 e. The van der Waals surface area contributed by atoms with Crippen molar-refractivity contribution in [2.24, 2.45) is 7.05 Å². The van der Waals surface area contributed by atoms with Gasteiger partial charge >= 0.3 is 12.1 Å². The van der Waals surface area contributed by atoms with Crippen LogP contribution in [0.1, 0.15) is 12.8 Å². The number of aromatic nitrogens is 3. The van der Waals surface area contributed by atoms with Gasteiger partial charge in [-0.3, -0.25) is 9.78 Å². The van der Waals surface area contributed by atoms with Gasteiger partial charge in [0.15, 0.2) is 5.03 Å². The summed E-state index contributed by atoms with van der Waals surface area (Å²) in [7, 11) is -1.97. The number of amides is 1. The van der Waals surface area contributed by atoms with Crippen LogP contribution < -0.4 is 4.90 Å². The molecule has 0 spiro atoms. The average Bonchev–Trinajstić information content (AvgIpc) is 3.37. The number of anilines is 1. The van der Waals surface area contributed by atoms with Crippen LogP contribution in [0.2, 0.25) is 0 Å². The fourth-order valence-electron chi connectivity index (χ4n) is 3.58. The van der Waals surface area contributed by atoms with Gasteiger partial charge in [0, 0.05) is 32.4 Å². The first-order valence-corrected chi connectivity index (χ1v) is 10.4. The van der Waals surface area contributed by atoms with E-state index in [1.807, 2.05) is 6.07 Å². The van der Waals surface area contributed by atoms with Gasteiger partial charge in [0.1, 0.15) is 0 Å². The van der Waals surface area contributed by atoms with Crippen molar-refractivity contribution in [1.29, 1.82) is 0 Å². The molecule has 0 aromatic carbocycles. The highest BCUT2D eigenvalue weighted by Crippen LogP contribution is 2.38. The molecule has 2 aromatic heterocycles. The second kappa shape index (κ2) is 8.26. The van der Waals surface area contributed by atoms with E-state index >= 15 is 0 Å². The van der Waals surface area contributed by atoms with E-state index in [2.05, 4.69) is 9.97 Å². The van der Waals surface area contributed by atoms with Crippen LogP contribution in [-0.4, -0.2) is 69.0 Å². The summed E-state index contributed by atoms with van der Waals surface area (Å²) >= 11 is 0. The van der Waals surface area contributed by atoms with Crippen LogP contribution in [0, 0.1) is 0 Å². The van der Waals surface area contributed by atoms with Crippen LogP contribution >= 0.6 is 0 Å². The molecular weight excluding hydrogens is 443 g/mol. The average molecular weight is 461 g/mol. The van der Waals surface area contributed by atoms with Gasteiger partial charge in [-0.25, -0.2) is 18.2 Å². The number of hydrogen-bond donors (Lipinski definition) is 1. The molecule has 0 unspecified atom stereocenters. The molecule has 2 saturated heterocycles. The van der Waals surface area contributed by atoms with Crippen molar-refractivity contribution in [1.82, 2.24) is 18.8 Å². The van der Waals surface area contributed by atoms with Gasteiger partial charge in [-0.15, -0.1) is 0 Å². The van der Waals surface area contributed by atoms with Crippen LogP contribution in [0.3, 0.4) is 0 Å². The first kappa shape index (κ1) is 22.7. The molecule has 2 aliphatic heterocycles. The molecule has 4 rings (SSSR count). The number of aliphatic carboxylic acids is 1. The summed E-state index contributed by atoms with van der Waals surface area (Å²) < 4.78 is 60.5. The molecule has 1 amide bonds. The normalized spacial score (nSPS) is 21.5. The standard InChI is InChI=1S/C15H17N5O3S.C2HF3O2/c1-18-9-14(17-10-18)24(22,23)19-6-4-12-13(19)7-15(21)20(12)11-3-2-5-16-8-11;3-2(4,5)1(6)7/h2-3,5,8-10,12-13H,4,6-7H2,1H3;(H,6,7)/t12-,13+;/m0./s1. The molecule has 0 radical (unpaired) electrons. The lowest BCUT2D eigenvalue weighted by atomic mass is 10.1. The van der Waals surface area contributed by atoms with E-state index in [9.17, 15) is 26.4 Å². The first-order valence-electron chi connectivity index (χ1n) is 8.95. The molecule has 2 aliphatic rings. The monoisotopic (exact) mass is 461 g/mol. The van der Waals surface area contributed by atoms with Crippen LogP contribution in [0.4, 0.5) is 18.9 Å². The summed E-state index contributed by atoms with van der Waals surface area (Å²) in [5, 5.41) is 7.15. The molecule has 14 heteroatoms. The third-order valence-electron chi connectivity index (χ3n) is 4.86. The molecular formula is C17H18F3N5O5S. The Kier molecular flexibility index (Phi) is 6.04. The van der Waals surface area contributed by atoms with Crippen LogP contribution in [-0.2, 0) is 26.7 Å². The number of nitrogens with zero attached hydrogens (tertiary/aromatic N) is 5. The second-order valence-electron chi connectivity index (χ2n) is 6.90. The Morgan fingerprint density at radius 1 is 1.29 bits per heavy atom. The topological polar surface area (TPSA) is 126 Å². The predicted molar refractivity (Wildman–Crippen MR) is 99.3 cm³/mol. The molecule has 2 aromatic rings. The minimum atomic E-state index is -5.08. The number of halogens is 3. The highest BCUT2D eigenvalue weighted by atomic mass is 32.2. The molecule has 2 atom stereocenters. The van der Waals surface area contributed by atoms with Crippen LogP contribution in [0.5, 0.6) is 0 Å². The fraction of sp³-hybridized carbons (Fsp3) is 0.412. The number of carboxylic acid groups (broad SMARTS) is 1. The summed E-state index contributed by atoms with van der Waals surface area (Å²) in [6, 6.07) is 3.08. The Bertz CT molecular complexity index is 1070. The molecule has 2 fully saturated rings. The SMILES string of the molecule is Cn1cnc(S(=O)(=O)N2CC[C@H]3[C@H]2CC(=O)N3c2cccnc2)c1.O=C(O)C(F)(F)F. The maximum absolute atomic E-state index is 12.8. The van der Waals surface area contributed by atoms with E-state index in [4.69, 9.17) is 9.90 Å². The van der Waals surface area contributed by atoms with Crippen LogP contribution in [0.25, 0.3) is 0 Å². The summed E-state index contributed by atoms with van der Waals surface area (Å²) in [5.41, 5.74) is 0.715. The van der Waals surface area contributed by atoms with Crippen molar-refractivity contribution in [3.63, 3.8) is 0 Å². The number of alkyl halides is 3. The number of carbonyl (C=O) groups excluding carboxylic acids is 1. The smallest absolute Gasteiger partial charge is 0.475 e. The minimum Gasteiger partial charge on any atom is -0.475 e. The number of carboxylic acids is 1. The lowest BCUT2D eigenvalue weighted by Crippen LogP contribution is -2.40. The quantitative estimate of drug-likeness (QED) is 0.723. The number of carbonyl (C=O) groups is 2. The van der Waals surface area contributed by atoms with Gasteiger partial charge in [0.05, 0.1) is 30.3 Å². The Balaban J connectivity index is 0.000000339. The third kappa shape index (κ3) is 4.54. The Labute approximate surface area is 175 Å². The number of sulfonamides is 1. The van der Waals surface area contributed by atoms with Gasteiger partial charge in [0.2, 0.25) is 5.91 Å². The van der Waals surface area contributed by atoms with Crippen molar-refractivity contribution in [2.75, 3.05) is 11.4 Å². The maximum atomic E-state index is 12.8. The molecule has 0 aliphatic carbocycles. The number of fused-ring (bicyclic) bond motifs is 1. The highest BCUT2D eigenvalue weighted by Gasteiger charge is 2.51. The minimum absolute atomic E-state index is 0.0259. The first-order chi connectivity index (χ1) is 14.4. The van der Waals surface area contributed by atoms with Gasteiger partial charge in [-0.2, -0.15) is 17.5 Å². The Morgan fingerprint density at radius 3 is 2.48 bits per heavy atom. The van der Waals surface area contributed by atoms with Crippen molar-refractivity contribution in [2.45, 2.75) is 36.1 Å². The molecule has 31 heavy (non-hydrogen) atoms. The Morgan fingerprint density at radius 2 is 1.97 bits per heavy atom. The second-order valence-corrected chi connectivity index (χ2v) is 8.74. The molecule has 10 nitrogen and oxygen atoms in total. The van der Waals surface area contributed by atoms with E-state index in [0.29, 0.717) is 18.7 Å². The van der Waals surface area contributed by atoms with E-state index in [-0.39, 0.29) is 29.4 Å². The van der Waals surface area contributed by atoms with Crippen LogP contribution in [0.15, 0.2) is 42.1 Å². The molecule has 0 bridgehead atoms. The van der Waals surface area contributed by atoms with Crippen molar-refractivity contribution >= 4 is 27.6 Å². The number of rotatable bonds is 3. The predicted octanol–water partition coefficient (Wildman–Crippen LogP) is 1.02. The van der Waals surface area contributed by atoms with Gasteiger partial charge in [-0.05, 0) is 18.6 Å². The number of imidazole rings is 1. The summed E-state index contributed by atoms with van der Waals surface area (Å²) in [6.07, 6.45) is 1.94. The Hall–Kier alpha value is -3.00. The number of hydrogen-bond acceptors (Lipinski definition) is 6. The molecule has 168 valence electrons. The zero-order valence-electron chi connectivity index (χ0n) is 16.1. The van der Waals surface area contributed by atoms with Crippen molar-refractivity contribution in [3.8, 4) is 0 Å². The fourth-order valence-corrected chi connectivity index (χ4v) is 5.22. The third-order valence-corrected chi connectivity index (χ3v) is 6.67. The lowest BCUT2D eigenvalue weighted by molar-refractivity contribution is -0.192. The molecule has 4 heterocycles. The summed E-state index contributed by atoms with van der Waals surface area (Å²) in [4.78, 5) is 31.1. The lowest BCUT2D eigenvalue weighted by Gasteiger charge is -2.24. The largest absolute Gasteiger partial charge is 0.490 e. The molecule has 1 N–H and O–H groups in total. The zero-order valence-corrected chi connectivity index (χ0v) is 16.9. The summed E-state index contributed by atoms with van der Waals surface area (Å²) in [6.45, 7) is 0.387. The van der Waals surface area contributed by atoms with Crippen molar-refractivity contribution < 1.29 is 36.3 Å². The van der Waals surface area contributed by atoms with Gasteiger partial charge < -0.3 is 14.6 Å². The van der Waals surface area contributed by atoms with E-state index in [1.54, 1.807) is 35.0 Å². The van der Waals surface area contributed by atoms with Gasteiger partial charge in [0.25, 0.3) is 10.0 Å². The number of aryl methyl sites for hydroxylation is 1. The zero-order chi connectivity index (χ0) is 23.0. The van der Waals surface area contributed by atoms with E-state index < -0.39 is 22.2 Å². The van der Waals surface area contributed by atoms with Crippen molar-refractivity contribution in [3.05, 3.63) is 37.1 Å². The van der Waals surface area contributed by atoms with E-state index in [1.165, 1.54) is 16.8 Å². The molecule has 0 saturated carbocycles.